The van der Waals surface area contributed by atoms with Crippen LogP contribution in [-0.2, 0) is 9.53 Å². The quantitative estimate of drug-likeness (QED) is 0.624. The van der Waals surface area contributed by atoms with Gasteiger partial charge >= 0.3 is 0 Å². The van der Waals surface area contributed by atoms with Gasteiger partial charge in [-0.3, -0.25) is 4.79 Å². The number of ether oxygens (including phenoxy) is 1. The summed E-state index contributed by atoms with van der Waals surface area (Å²) in [5.41, 5.74) is 0. The van der Waals surface area contributed by atoms with E-state index < -0.39 is 0 Å². The smallest absolute Gasteiger partial charge is 0.239 e. The fraction of sp³-hybridized carbons (Fsp3) is 0.900. The average molecular weight is 200 g/mol. The first kappa shape index (κ1) is 11.5. The molecule has 1 amide bonds. The molecule has 1 atom stereocenters. The Morgan fingerprint density at radius 3 is 3.00 bits per heavy atom. The number of hydrogen-bond acceptors (Lipinski definition) is 3. The molecule has 0 bridgehead atoms. The minimum atomic E-state index is 0.0436. The molecule has 82 valence electrons. The van der Waals surface area contributed by atoms with E-state index in [-0.39, 0.29) is 11.9 Å². The van der Waals surface area contributed by atoms with Crippen LogP contribution in [-0.4, -0.2) is 50.2 Å². The fourth-order valence-corrected chi connectivity index (χ4v) is 1.73. The van der Waals surface area contributed by atoms with Gasteiger partial charge in [0.25, 0.3) is 0 Å². The van der Waals surface area contributed by atoms with Gasteiger partial charge in [0.1, 0.15) is 0 Å². The Morgan fingerprint density at radius 1 is 1.64 bits per heavy atom. The largest absolute Gasteiger partial charge is 0.382 e. The van der Waals surface area contributed by atoms with Gasteiger partial charge in [0.2, 0.25) is 5.91 Å². The van der Waals surface area contributed by atoms with Gasteiger partial charge in [-0.15, -0.1) is 0 Å². The highest BCUT2D eigenvalue weighted by Crippen LogP contribution is 2.10. The Balaban J connectivity index is 2.16. The second-order valence-corrected chi connectivity index (χ2v) is 3.51. The number of amides is 1. The van der Waals surface area contributed by atoms with Crippen LogP contribution >= 0.6 is 0 Å². The molecular formula is C10H20N2O2. The molecule has 0 saturated carbocycles. The lowest BCUT2D eigenvalue weighted by molar-refractivity contribution is -0.129. The number of rotatable bonds is 6. The maximum absolute atomic E-state index is 11.6. The van der Waals surface area contributed by atoms with Gasteiger partial charge in [-0.05, 0) is 26.8 Å². The Hall–Kier alpha value is -0.610. The maximum atomic E-state index is 11.6. The zero-order valence-corrected chi connectivity index (χ0v) is 9.08. The summed E-state index contributed by atoms with van der Waals surface area (Å²) >= 11 is 0. The van der Waals surface area contributed by atoms with Gasteiger partial charge < -0.3 is 15.0 Å². The van der Waals surface area contributed by atoms with E-state index in [9.17, 15) is 4.79 Å². The molecule has 1 fully saturated rings. The minimum absolute atomic E-state index is 0.0436. The van der Waals surface area contributed by atoms with E-state index in [1.54, 1.807) is 0 Å². The molecule has 0 spiro atoms. The second kappa shape index (κ2) is 5.98. The van der Waals surface area contributed by atoms with E-state index in [1.807, 2.05) is 18.9 Å². The molecule has 0 radical (unpaired) electrons. The molecule has 4 nitrogen and oxygen atoms in total. The van der Waals surface area contributed by atoms with Crippen LogP contribution in [0.4, 0.5) is 0 Å². The fourth-order valence-electron chi connectivity index (χ4n) is 1.73. The first-order chi connectivity index (χ1) is 6.79. The monoisotopic (exact) mass is 200 g/mol. The van der Waals surface area contributed by atoms with Crippen LogP contribution in [0, 0.1) is 0 Å². The van der Waals surface area contributed by atoms with Crippen LogP contribution in [0.1, 0.15) is 19.8 Å². The molecule has 0 aromatic carbocycles. The van der Waals surface area contributed by atoms with Gasteiger partial charge in [-0.25, -0.2) is 0 Å². The van der Waals surface area contributed by atoms with Crippen LogP contribution in [0.3, 0.4) is 0 Å². The number of hydrogen-bond donors (Lipinski definition) is 1. The summed E-state index contributed by atoms with van der Waals surface area (Å²) in [6.45, 7) is 5.21. The first-order valence-corrected chi connectivity index (χ1v) is 5.33. The van der Waals surface area contributed by atoms with Gasteiger partial charge in [-0.2, -0.15) is 0 Å². The summed E-state index contributed by atoms with van der Waals surface area (Å²) in [6.07, 6.45) is 1.87. The lowest BCUT2D eigenvalue weighted by Gasteiger charge is -2.16. The summed E-state index contributed by atoms with van der Waals surface area (Å²) < 4.78 is 5.23. The predicted octanol–water partition coefficient (Wildman–Crippen LogP) is 0.233. The number of nitrogens with zero attached hydrogens (tertiary/aromatic N) is 1. The molecule has 0 aromatic rings. The zero-order chi connectivity index (χ0) is 10.4. The van der Waals surface area contributed by atoms with E-state index in [1.165, 1.54) is 0 Å². The Kier molecular flexibility index (Phi) is 4.90. The third-order valence-electron chi connectivity index (χ3n) is 2.57. The summed E-state index contributed by atoms with van der Waals surface area (Å²) in [5.74, 6) is 0.240. The molecule has 1 rings (SSSR count). The molecule has 1 heterocycles. The number of carbonyl (C=O) groups is 1. The van der Waals surface area contributed by atoms with Gasteiger partial charge in [0.05, 0.1) is 6.04 Å². The number of likely N-dealkylation sites (N-methyl/N-ethyl adjacent to an activating group) is 1. The lowest BCUT2D eigenvalue weighted by atomic mass is 10.3. The predicted molar refractivity (Wildman–Crippen MR) is 55.2 cm³/mol. The van der Waals surface area contributed by atoms with Crippen molar-refractivity contribution in [3.63, 3.8) is 0 Å². The van der Waals surface area contributed by atoms with Crippen molar-refractivity contribution in [3.05, 3.63) is 0 Å². The average Bonchev–Trinajstić information content (AvgIpc) is 2.55. The van der Waals surface area contributed by atoms with E-state index in [2.05, 4.69) is 5.32 Å². The third-order valence-corrected chi connectivity index (χ3v) is 2.57. The van der Waals surface area contributed by atoms with Crippen molar-refractivity contribution in [2.45, 2.75) is 25.8 Å². The minimum Gasteiger partial charge on any atom is -0.382 e. The Morgan fingerprint density at radius 2 is 2.43 bits per heavy atom. The Bertz CT molecular complexity index is 185. The van der Waals surface area contributed by atoms with E-state index >= 15 is 0 Å². The van der Waals surface area contributed by atoms with Gasteiger partial charge in [0.15, 0.2) is 0 Å². The summed E-state index contributed by atoms with van der Waals surface area (Å²) in [5, 5.41) is 3.02. The molecule has 4 heteroatoms. The highest BCUT2D eigenvalue weighted by Gasteiger charge is 2.29. The van der Waals surface area contributed by atoms with E-state index in [0.717, 1.165) is 39.1 Å². The van der Waals surface area contributed by atoms with Crippen molar-refractivity contribution in [1.29, 1.82) is 0 Å². The molecule has 0 aliphatic carbocycles. The van der Waals surface area contributed by atoms with Crippen LogP contribution in [0.5, 0.6) is 0 Å². The van der Waals surface area contributed by atoms with Crippen molar-refractivity contribution < 1.29 is 9.53 Å². The van der Waals surface area contributed by atoms with E-state index in [4.69, 9.17) is 4.74 Å². The third kappa shape index (κ3) is 2.96. The van der Waals surface area contributed by atoms with Crippen molar-refractivity contribution >= 4 is 5.91 Å². The normalized spacial score (nSPS) is 22.0. The highest BCUT2D eigenvalue weighted by atomic mass is 16.5. The van der Waals surface area contributed by atoms with Crippen LogP contribution < -0.4 is 5.32 Å². The summed E-state index contributed by atoms with van der Waals surface area (Å²) in [6, 6.07) is 0.0436. The second-order valence-electron chi connectivity index (χ2n) is 3.51. The van der Waals surface area contributed by atoms with Crippen molar-refractivity contribution in [2.24, 2.45) is 0 Å². The topological polar surface area (TPSA) is 41.6 Å². The zero-order valence-electron chi connectivity index (χ0n) is 9.08. The Labute approximate surface area is 85.6 Å². The number of likely N-dealkylation sites (tertiary alicyclic amines) is 1. The molecule has 14 heavy (non-hydrogen) atoms. The lowest BCUT2D eigenvalue weighted by Crippen LogP contribution is -2.36. The molecular weight excluding hydrogens is 180 g/mol. The van der Waals surface area contributed by atoms with Crippen molar-refractivity contribution in [2.75, 3.05) is 33.4 Å². The van der Waals surface area contributed by atoms with Crippen LogP contribution in [0.2, 0.25) is 0 Å². The van der Waals surface area contributed by atoms with Gasteiger partial charge in [-0.1, -0.05) is 0 Å². The molecule has 1 unspecified atom stereocenters. The SMILES string of the molecule is CCOCCCN1CCC(NC)C1=O. The van der Waals surface area contributed by atoms with Crippen LogP contribution in [0.15, 0.2) is 0 Å². The van der Waals surface area contributed by atoms with Gasteiger partial charge in [0, 0.05) is 26.3 Å². The number of carbonyl (C=O) groups excluding carboxylic acids is 1. The molecule has 1 aliphatic heterocycles. The van der Waals surface area contributed by atoms with Crippen molar-refractivity contribution in [3.8, 4) is 0 Å². The van der Waals surface area contributed by atoms with Crippen molar-refractivity contribution in [1.82, 2.24) is 10.2 Å². The molecule has 0 aromatic heterocycles. The summed E-state index contributed by atoms with van der Waals surface area (Å²) in [7, 11) is 1.84. The van der Waals surface area contributed by atoms with Crippen LogP contribution in [0.25, 0.3) is 0 Å². The molecule has 1 N–H and O–H groups in total. The molecule has 1 aliphatic rings. The summed E-state index contributed by atoms with van der Waals surface area (Å²) in [4.78, 5) is 13.5. The number of nitrogens with one attached hydrogen (secondary N) is 1. The first-order valence-electron chi connectivity index (χ1n) is 5.33. The maximum Gasteiger partial charge on any atom is 0.239 e. The highest BCUT2D eigenvalue weighted by molar-refractivity contribution is 5.83. The standard InChI is InChI=1S/C10H20N2O2/c1-3-14-8-4-6-12-7-5-9(11-2)10(12)13/h9,11H,3-8H2,1-2H3. The molecule has 1 saturated heterocycles. The van der Waals surface area contributed by atoms with E-state index in [0.29, 0.717) is 0 Å².